The van der Waals surface area contributed by atoms with Crippen LogP contribution in [-0.4, -0.2) is 4.98 Å². The first-order valence-electron chi connectivity index (χ1n) is 3.63. The zero-order chi connectivity index (χ0) is 9.26. The number of aromatic nitrogens is 1. The van der Waals surface area contributed by atoms with Gasteiger partial charge in [0, 0.05) is 10.9 Å². The van der Waals surface area contributed by atoms with Gasteiger partial charge in [0.05, 0.1) is 5.02 Å². The highest BCUT2D eigenvalue weighted by atomic mass is 35.5. The fourth-order valence-corrected chi connectivity index (χ4v) is 2.28. The van der Waals surface area contributed by atoms with E-state index in [4.69, 9.17) is 23.2 Å². The van der Waals surface area contributed by atoms with Crippen LogP contribution in [0, 0.1) is 0 Å². The maximum absolute atomic E-state index is 5.99. The fraction of sp³-hybridized carbons (Fsp3) is 0. The topological polar surface area (TPSA) is 12.9 Å². The molecule has 2 aromatic rings. The summed E-state index contributed by atoms with van der Waals surface area (Å²) in [5.41, 5.74) is 0.932. The second-order valence-electron chi connectivity index (χ2n) is 2.46. The predicted molar refractivity (Wildman–Crippen MR) is 57.6 cm³/mol. The van der Waals surface area contributed by atoms with Crippen LogP contribution < -0.4 is 0 Å². The molecule has 0 spiro atoms. The van der Waals surface area contributed by atoms with Crippen LogP contribution >= 0.6 is 34.5 Å². The van der Waals surface area contributed by atoms with Crippen molar-refractivity contribution in [3.63, 3.8) is 0 Å². The summed E-state index contributed by atoms with van der Waals surface area (Å²) in [5, 5.41) is 3.87. The summed E-state index contributed by atoms with van der Waals surface area (Å²) in [6, 6.07) is 7.58. The van der Waals surface area contributed by atoms with E-state index < -0.39 is 0 Å². The van der Waals surface area contributed by atoms with E-state index in [9.17, 15) is 0 Å². The molecule has 4 heteroatoms. The summed E-state index contributed by atoms with van der Waals surface area (Å²) < 4.78 is 0. The van der Waals surface area contributed by atoms with Gasteiger partial charge in [-0.25, -0.2) is 4.98 Å². The van der Waals surface area contributed by atoms with Gasteiger partial charge in [0.2, 0.25) is 0 Å². The molecule has 0 aliphatic carbocycles. The number of hydrogen-bond donors (Lipinski definition) is 0. The quantitative estimate of drug-likeness (QED) is 0.718. The Bertz CT molecular complexity index is 425. The van der Waals surface area contributed by atoms with E-state index in [-0.39, 0.29) is 0 Å². The highest BCUT2D eigenvalue weighted by molar-refractivity contribution is 7.13. The molecule has 0 amide bonds. The van der Waals surface area contributed by atoms with Crippen LogP contribution in [0.2, 0.25) is 10.2 Å². The largest absolute Gasteiger partial charge is 0.224 e. The van der Waals surface area contributed by atoms with Crippen molar-refractivity contribution in [2.24, 2.45) is 0 Å². The Hall–Kier alpha value is -0.570. The first-order chi connectivity index (χ1) is 6.27. The van der Waals surface area contributed by atoms with Crippen LogP contribution in [0.5, 0.6) is 0 Å². The van der Waals surface area contributed by atoms with Crippen molar-refractivity contribution in [1.29, 1.82) is 0 Å². The summed E-state index contributed by atoms with van der Waals surface area (Å²) in [4.78, 5) is 4.14. The van der Waals surface area contributed by atoms with Gasteiger partial charge in [0.15, 0.2) is 0 Å². The first kappa shape index (κ1) is 9.00. The SMILES string of the molecule is Clc1csc(-c2ccccc2Cl)n1. The lowest BCUT2D eigenvalue weighted by Gasteiger charge is -1.97. The number of thiazole rings is 1. The summed E-state index contributed by atoms with van der Waals surface area (Å²) in [6.45, 7) is 0. The van der Waals surface area contributed by atoms with Crippen LogP contribution in [-0.2, 0) is 0 Å². The van der Waals surface area contributed by atoms with Gasteiger partial charge in [-0.15, -0.1) is 11.3 Å². The molecule has 0 atom stereocenters. The van der Waals surface area contributed by atoms with Crippen LogP contribution in [0.3, 0.4) is 0 Å². The molecule has 0 aliphatic heterocycles. The Morgan fingerprint density at radius 2 is 1.92 bits per heavy atom. The lowest BCUT2D eigenvalue weighted by molar-refractivity contribution is 1.41. The molecule has 0 aliphatic rings. The molecule has 1 heterocycles. The molecule has 0 fully saturated rings. The summed E-state index contributed by atoms with van der Waals surface area (Å²) in [5.74, 6) is 0. The molecular formula is C9H5Cl2NS. The van der Waals surface area contributed by atoms with E-state index in [1.54, 1.807) is 5.38 Å². The summed E-state index contributed by atoms with van der Waals surface area (Å²) >= 11 is 13.2. The maximum atomic E-state index is 5.99. The van der Waals surface area contributed by atoms with Gasteiger partial charge in [0.25, 0.3) is 0 Å². The normalized spacial score (nSPS) is 10.3. The van der Waals surface area contributed by atoms with Crippen LogP contribution in [0.15, 0.2) is 29.6 Å². The average molecular weight is 230 g/mol. The van der Waals surface area contributed by atoms with E-state index in [0.29, 0.717) is 10.2 Å². The molecule has 1 nitrogen and oxygen atoms in total. The van der Waals surface area contributed by atoms with Gasteiger partial charge >= 0.3 is 0 Å². The number of hydrogen-bond acceptors (Lipinski definition) is 2. The van der Waals surface area contributed by atoms with Crippen LogP contribution in [0.25, 0.3) is 10.6 Å². The third kappa shape index (κ3) is 1.85. The molecule has 1 aromatic carbocycles. The highest BCUT2D eigenvalue weighted by Gasteiger charge is 2.05. The van der Waals surface area contributed by atoms with Crippen molar-refractivity contribution in [3.8, 4) is 10.6 Å². The van der Waals surface area contributed by atoms with Crippen molar-refractivity contribution in [3.05, 3.63) is 39.8 Å². The third-order valence-electron chi connectivity index (χ3n) is 1.58. The first-order valence-corrected chi connectivity index (χ1v) is 5.27. The van der Waals surface area contributed by atoms with E-state index in [1.165, 1.54) is 11.3 Å². The minimum absolute atomic E-state index is 0.514. The zero-order valence-electron chi connectivity index (χ0n) is 6.50. The number of rotatable bonds is 1. The maximum Gasteiger partial charge on any atom is 0.140 e. The third-order valence-corrected chi connectivity index (χ3v) is 3.11. The Balaban J connectivity index is 2.52. The molecule has 2 rings (SSSR count). The lowest BCUT2D eigenvalue weighted by Crippen LogP contribution is -1.76. The molecular weight excluding hydrogens is 225 g/mol. The number of nitrogens with zero attached hydrogens (tertiary/aromatic N) is 1. The van der Waals surface area contributed by atoms with E-state index >= 15 is 0 Å². The van der Waals surface area contributed by atoms with Crippen molar-refractivity contribution in [2.75, 3.05) is 0 Å². The van der Waals surface area contributed by atoms with Gasteiger partial charge < -0.3 is 0 Å². The van der Waals surface area contributed by atoms with Gasteiger partial charge in [0.1, 0.15) is 10.2 Å². The minimum atomic E-state index is 0.514. The monoisotopic (exact) mass is 229 g/mol. The molecule has 0 unspecified atom stereocenters. The van der Waals surface area contributed by atoms with Crippen molar-refractivity contribution in [2.45, 2.75) is 0 Å². The second-order valence-corrected chi connectivity index (χ2v) is 4.11. The van der Waals surface area contributed by atoms with E-state index in [1.807, 2.05) is 24.3 Å². The molecule has 1 aromatic heterocycles. The number of benzene rings is 1. The lowest BCUT2D eigenvalue weighted by atomic mass is 10.2. The smallest absolute Gasteiger partial charge is 0.140 e. The molecule has 13 heavy (non-hydrogen) atoms. The second kappa shape index (κ2) is 3.66. The van der Waals surface area contributed by atoms with E-state index in [0.717, 1.165) is 10.6 Å². The summed E-state index contributed by atoms with van der Waals surface area (Å²) in [6.07, 6.45) is 0. The van der Waals surface area contributed by atoms with Crippen molar-refractivity contribution in [1.82, 2.24) is 4.98 Å². The van der Waals surface area contributed by atoms with Crippen LogP contribution in [0.1, 0.15) is 0 Å². The molecule has 0 bridgehead atoms. The van der Waals surface area contributed by atoms with Gasteiger partial charge in [-0.3, -0.25) is 0 Å². The van der Waals surface area contributed by atoms with Gasteiger partial charge in [-0.05, 0) is 6.07 Å². The average Bonchev–Trinajstić information content (AvgIpc) is 2.53. The summed E-state index contributed by atoms with van der Waals surface area (Å²) in [7, 11) is 0. The van der Waals surface area contributed by atoms with Crippen molar-refractivity contribution >= 4 is 34.5 Å². The Morgan fingerprint density at radius 3 is 2.54 bits per heavy atom. The molecule has 0 saturated carbocycles. The van der Waals surface area contributed by atoms with Crippen LogP contribution in [0.4, 0.5) is 0 Å². The Morgan fingerprint density at radius 1 is 1.15 bits per heavy atom. The predicted octanol–water partition coefficient (Wildman–Crippen LogP) is 4.12. The fourth-order valence-electron chi connectivity index (χ4n) is 1.01. The van der Waals surface area contributed by atoms with Gasteiger partial charge in [-0.2, -0.15) is 0 Å². The minimum Gasteiger partial charge on any atom is -0.224 e. The highest BCUT2D eigenvalue weighted by Crippen LogP contribution is 2.30. The molecule has 0 saturated heterocycles. The number of halogens is 2. The standard InChI is InChI=1S/C9H5Cl2NS/c10-7-4-2-1-3-6(7)9-12-8(11)5-13-9/h1-5H. The Kier molecular flexibility index (Phi) is 2.54. The zero-order valence-corrected chi connectivity index (χ0v) is 8.83. The Labute approximate surface area is 90.0 Å². The van der Waals surface area contributed by atoms with Gasteiger partial charge in [-0.1, -0.05) is 41.4 Å². The molecule has 0 radical (unpaired) electrons. The van der Waals surface area contributed by atoms with Crippen molar-refractivity contribution < 1.29 is 0 Å². The molecule has 0 N–H and O–H groups in total. The molecule has 66 valence electrons. The van der Waals surface area contributed by atoms with E-state index in [2.05, 4.69) is 4.98 Å².